The van der Waals surface area contributed by atoms with E-state index in [4.69, 9.17) is 5.73 Å². The highest BCUT2D eigenvalue weighted by molar-refractivity contribution is 5.78. The highest BCUT2D eigenvalue weighted by Gasteiger charge is 2.41. The van der Waals surface area contributed by atoms with Crippen molar-refractivity contribution in [2.45, 2.75) is 31.9 Å². The van der Waals surface area contributed by atoms with Gasteiger partial charge in [0.25, 0.3) is 0 Å². The van der Waals surface area contributed by atoms with E-state index in [0.29, 0.717) is 31.3 Å². The fourth-order valence-electron chi connectivity index (χ4n) is 3.59. The van der Waals surface area contributed by atoms with Gasteiger partial charge in [-0.25, -0.2) is 9.97 Å². The molecule has 0 bridgehead atoms. The van der Waals surface area contributed by atoms with Crippen molar-refractivity contribution in [1.82, 2.24) is 14.9 Å². The van der Waals surface area contributed by atoms with E-state index in [9.17, 15) is 13.2 Å². The zero-order valence-electron chi connectivity index (χ0n) is 14.7. The zero-order chi connectivity index (χ0) is 18.6. The maximum Gasteiger partial charge on any atom is 0.391 e. The average Bonchev–Trinajstić information content (AvgIpc) is 2.66. The van der Waals surface area contributed by atoms with Gasteiger partial charge in [-0.05, 0) is 37.7 Å². The third-order valence-electron chi connectivity index (χ3n) is 5.26. The Morgan fingerprint density at radius 1 is 1.08 bits per heavy atom. The van der Waals surface area contributed by atoms with Gasteiger partial charge in [0.15, 0.2) is 5.96 Å². The van der Waals surface area contributed by atoms with Crippen LogP contribution in [0.25, 0.3) is 0 Å². The number of anilines is 1. The van der Waals surface area contributed by atoms with Crippen molar-refractivity contribution >= 4 is 11.9 Å². The summed E-state index contributed by atoms with van der Waals surface area (Å²) in [5.74, 6) is 0.250. The minimum Gasteiger partial charge on any atom is -0.370 e. The second-order valence-corrected chi connectivity index (χ2v) is 6.98. The normalized spacial score (nSPS) is 25.4. The number of guanidine groups is 1. The Morgan fingerprint density at radius 3 is 2.27 bits per heavy atom. The quantitative estimate of drug-likeness (QED) is 0.653. The highest BCUT2D eigenvalue weighted by atomic mass is 19.4. The van der Waals surface area contributed by atoms with Crippen LogP contribution < -0.4 is 10.6 Å². The summed E-state index contributed by atoms with van der Waals surface area (Å²) in [7, 11) is 0. The lowest BCUT2D eigenvalue weighted by atomic mass is 9.82. The van der Waals surface area contributed by atoms with Crippen LogP contribution in [0.5, 0.6) is 0 Å². The van der Waals surface area contributed by atoms with Crippen molar-refractivity contribution in [1.29, 1.82) is 0 Å². The molecule has 0 radical (unpaired) electrons. The highest BCUT2D eigenvalue weighted by Crippen LogP contribution is 2.39. The molecule has 0 aromatic carbocycles. The number of rotatable bonds is 3. The number of alkyl halides is 3. The molecule has 2 N–H and O–H groups in total. The first-order valence-electron chi connectivity index (χ1n) is 9.07. The van der Waals surface area contributed by atoms with E-state index >= 15 is 0 Å². The molecular formula is C17H25F3N6. The molecule has 1 saturated carbocycles. The summed E-state index contributed by atoms with van der Waals surface area (Å²) in [6.45, 7) is 3.50. The van der Waals surface area contributed by atoms with Gasteiger partial charge in [0.1, 0.15) is 0 Å². The largest absolute Gasteiger partial charge is 0.391 e. The van der Waals surface area contributed by atoms with E-state index in [1.807, 2.05) is 4.90 Å². The van der Waals surface area contributed by atoms with Gasteiger partial charge in [-0.15, -0.1) is 0 Å². The molecule has 2 fully saturated rings. The van der Waals surface area contributed by atoms with Gasteiger partial charge >= 0.3 is 6.18 Å². The van der Waals surface area contributed by atoms with Crippen LogP contribution in [0.15, 0.2) is 23.5 Å². The summed E-state index contributed by atoms with van der Waals surface area (Å²) in [6.07, 6.45) is 0.935. The van der Waals surface area contributed by atoms with Crippen LogP contribution in [-0.2, 0) is 0 Å². The van der Waals surface area contributed by atoms with Gasteiger partial charge in [-0.3, -0.25) is 4.99 Å². The van der Waals surface area contributed by atoms with Crippen LogP contribution in [0.4, 0.5) is 19.1 Å². The molecule has 0 spiro atoms. The Hall–Kier alpha value is -2.06. The molecule has 0 atom stereocenters. The van der Waals surface area contributed by atoms with Crippen molar-refractivity contribution in [3.63, 3.8) is 0 Å². The van der Waals surface area contributed by atoms with Gasteiger partial charge in [0.2, 0.25) is 5.95 Å². The van der Waals surface area contributed by atoms with Gasteiger partial charge < -0.3 is 15.5 Å². The van der Waals surface area contributed by atoms with Crippen LogP contribution in [0, 0.1) is 11.8 Å². The number of aliphatic imine (C=N–C) groups is 1. The molecule has 3 rings (SSSR count). The minimum atomic E-state index is -4.06. The maximum absolute atomic E-state index is 12.7. The van der Waals surface area contributed by atoms with Gasteiger partial charge in [-0.1, -0.05) is 0 Å². The first kappa shape index (κ1) is 18.7. The van der Waals surface area contributed by atoms with E-state index in [1.54, 1.807) is 18.5 Å². The van der Waals surface area contributed by atoms with Crippen molar-refractivity contribution in [3.8, 4) is 0 Å². The summed E-state index contributed by atoms with van der Waals surface area (Å²) in [4.78, 5) is 17.1. The molecule has 1 saturated heterocycles. The van der Waals surface area contributed by atoms with Crippen LogP contribution in [0.3, 0.4) is 0 Å². The van der Waals surface area contributed by atoms with Crippen LogP contribution in [0.1, 0.15) is 25.7 Å². The molecule has 6 nitrogen and oxygen atoms in total. The van der Waals surface area contributed by atoms with Crippen molar-refractivity contribution in [2.24, 2.45) is 22.6 Å². The fraction of sp³-hybridized carbons (Fsp3) is 0.706. The number of nitrogens with two attached hydrogens (primary N) is 1. The molecule has 1 aliphatic carbocycles. The number of hydrogen-bond acceptors (Lipinski definition) is 4. The van der Waals surface area contributed by atoms with Crippen LogP contribution in [0.2, 0.25) is 0 Å². The monoisotopic (exact) mass is 370 g/mol. The average molecular weight is 370 g/mol. The summed E-state index contributed by atoms with van der Waals surface area (Å²) in [5.41, 5.74) is 6.09. The summed E-state index contributed by atoms with van der Waals surface area (Å²) in [5, 5.41) is 0. The van der Waals surface area contributed by atoms with Gasteiger partial charge in [0.05, 0.1) is 5.92 Å². The van der Waals surface area contributed by atoms with E-state index < -0.39 is 12.1 Å². The van der Waals surface area contributed by atoms with Crippen LogP contribution in [-0.4, -0.2) is 59.7 Å². The molecular weight excluding hydrogens is 345 g/mol. The van der Waals surface area contributed by atoms with Crippen molar-refractivity contribution in [2.75, 3.05) is 37.6 Å². The molecule has 26 heavy (non-hydrogen) atoms. The lowest BCUT2D eigenvalue weighted by molar-refractivity contribution is -0.183. The second kappa shape index (κ2) is 8.09. The Labute approximate surface area is 151 Å². The van der Waals surface area contributed by atoms with E-state index in [1.165, 1.54) is 0 Å². The number of hydrogen-bond donors (Lipinski definition) is 1. The van der Waals surface area contributed by atoms with Gasteiger partial charge in [-0.2, -0.15) is 13.2 Å². The maximum atomic E-state index is 12.7. The topological polar surface area (TPSA) is 70.6 Å². The Bertz CT molecular complexity index is 590. The summed E-state index contributed by atoms with van der Waals surface area (Å²) >= 11 is 0. The molecule has 0 unspecified atom stereocenters. The lowest BCUT2D eigenvalue weighted by Gasteiger charge is -2.35. The molecule has 2 heterocycles. The number of piperazine rings is 1. The number of nitrogens with zero attached hydrogens (tertiary/aromatic N) is 5. The second-order valence-electron chi connectivity index (χ2n) is 6.98. The molecule has 1 aromatic heterocycles. The number of halogens is 3. The molecule has 0 amide bonds. The van der Waals surface area contributed by atoms with Gasteiger partial charge in [0, 0.05) is 45.1 Å². The predicted molar refractivity (Wildman–Crippen MR) is 93.8 cm³/mol. The molecule has 144 valence electrons. The molecule has 1 aliphatic heterocycles. The van der Waals surface area contributed by atoms with Crippen molar-refractivity contribution in [3.05, 3.63) is 18.5 Å². The smallest absolute Gasteiger partial charge is 0.370 e. The standard InChI is InChI=1S/C17H25F3N6/c18-17(19,20)14-4-2-13(3-5-14)12-24-15(21)25-8-10-26(11-9-25)16-22-6-1-7-23-16/h1,6-7,13-14H,2-5,8-12H2,(H2,21,24). The van der Waals surface area contributed by atoms with E-state index in [0.717, 1.165) is 26.2 Å². The van der Waals surface area contributed by atoms with Crippen LogP contribution >= 0.6 is 0 Å². The summed E-state index contributed by atoms with van der Waals surface area (Å²) in [6, 6.07) is 1.78. The summed E-state index contributed by atoms with van der Waals surface area (Å²) < 4.78 is 38.1. The van der Waals surface area contributed by atoms with E-state index in [2.05, 4.69) is 19.9 Å². The first-order chi connectivity index (χ1) is 12.4. The lowest BCUT2D eigenvalue weighted by Crippen LogP contribution is -2.51. The third-order valence-corrected chi connectivity index (χ3v) is 5.26. The SMILES string of the molecule is NC(=NCC1CCC(C(F)(F)F)CC1)N1CCN(c2ncccn2)CC1. The zero-order valence-corrected chi connectivity index (χ0v) is 14.7. The third kappa shape index (κ3) is 4.76. The number of aromatic nitrogens is 2. The Balaban J connectivity index is 1.43. The van der Waals surface area contributed by atoms with E-state index in [-0.39, 0.29) is 18.8 Å². The molecule has 2 aliphatic rings. The first-order valence-corrected chi connectivity index (χ1v) is 9.07. The Kier molecular flexibility index (Phi) is 5.83. The molecule has 1 aromatic rings. The minimum absolute atomic E-state index is 0.200. The van der Waals surface area contributed by atoms with Crippen molar-refractivity contribution < 1.29 is 13.2 Å². The fourth-order valence-corrected chi connectivity index (χ4v) is 3.59. The molecule has 9 heteroatoms. The predicted octanol–water partition coefficient (Wildman–Crippen LogP) is 2.28. The Morgan fingerprint density at radius 2 is 1.69 bits per heavy atom.